The van der Waals surface area contributed by atoms with Gasteiger partial charge in [0, 0.05) is 39.5 Å². The molecular weight excluding hydrogens is 429 g/mol. The zero-order valence-electron chi connectivity index (χ0n) is 17.7. The first kappa shape index (κ1) is 20.7. The van der Waals surface area contributed by atoms with E-state index in [1.54, 1.807) is 17.8 Å². The van der Waals surface area contributed by atoms with E-state index in [1.165, 1.54) is 16.2 Å². The zero-order chi connectivity index (χ0) is 21.5. The average molecular weight is 454 g/mol. The molecule has 1 fully saturated rings. The third kappa shape index (κ3) is 3.79. The van der Waals surface area contributed by atoms with Crippen molar-refractivity contribution in [1.29, 1.82) is 0 Å². The molecular formula is C25H25ClFN3S. The lowest BCUT2D eigenvalue weighted by Gasteiger charge is -2.10. The Morgan fingerprint density at radius 1 is 1.19 bits per heavy atom. The third-order valence-electron chi connectivity index (χ3n) is 5.83. The van der Waals surface area contributed by atoms with Crippen molar-refractivity contribution in [2.45, 2.75) is 61.8 Å². The van der Waals surface area contributed by atoms with Gasteiger partial charge in [-0.05, 0) is 55.5 Å². The normalized spacial score (nSPS) is 13.9. The first-order valence-corrected chi connectivity index (χ1v) is 12.1. The van der Waals surface area contributed by atoms with Crippen LogP contribution in [0, 0.1) is 5.82 Å². The number of hydrogen-bond donors (Lipinski definition) is 0. The quantitative estimate of drug-likeness (QED) is 0.287. The van der Waals surface area contributed by atoms with Crippen molar-refractivity contribution in [3.63, 3.8) is 0 Å². The highest BCUT2D eigenvalue weighted by Crippen LogP contribution is 2.51. The predicted octanol–water partition coefficient (Wildman–Crippen LogP) is 7.62. The standard InChI is InChI=1S/C25H25ClFN3S/c1-3-12-29-15-18(14-28-29)30-23(17-8-9-17)25(20-10-11-21(26)22(27)24(20)30)31-19-7-5-6-16(4-2)13-19/h5-7,10-11,13-15,17H,3-4,8-9,12H2,1-2H3. The molecule has 31 heavy (non-hydrogen) atoms. The van der Waals surface area contributed by atoms with Gasteiger partial charge in [0.2, 0.25) is 0 Å². The van der Waals surface area contributed by atoms with Crippen LogP contribution in [0.3, 0.4) is 0 Å². The molecule has 4 aromatic rings. The van der Waals surface area contributed by atoms with E-state index in [4.69, 9.17) is 11.6 Å². The van der Waals surface area contributed by atoms with Crippen LogP contribution in [0.1, 0.15) is 50.3 Å². The predicted molar refractivity (Wildman–Crippen MR) is 126 cm³/mol. The van der Waals surface area contributed by atoms with E-state index in [9.17, 15) is 0 Å². The summed E-state index contributed by atoms with van der Waals surface area (Å²) in [5, 5.41) is 5.58. The molecule has 1 aliphatic carbocycles. The van der Waals surface area contributed by atoms with Crippen molar-refractivity contribution < 1.29 is 4.39 Å². The van der Waals surface area contributed by atoms with Gasteiger partial charge in [-0.2, -0.15) is 5.10 Å². The van der Waals surface area contributed by atoms with Crippen LogP contribution in [0.15, 0.2) is 58.6 Å². The minimum atomic E-state index is -0.363. The number of fused-ring (bicyclic) bond motifs is 1. The summed E-state index contributed by atoms with van der Waals surface area (Å²) >= 11 is 7.97. The fourth-order valence-corrected chi connectivity index (χ4v) is 5.55. The number of halogens is 2. The Hall–Kier alpha value is -2.24. The Morgan fingerprint density at radius 2 is 2.03 bits per heavy atom. The van der Waals surface area contributed by atoms with E-state index in [2.05, 4.69) is 47.8 Å². The second kappa shape index (κ2) is 8.36. The van der Waals surface area contributed by atoms with Crippen molar-refractivity contribution in [3.05, 3.63) is 70.9 Å². The van der Waals surface area contributed by atoms with E-state index >= 15 is 4.39 Å². The third-order valence-corrected chi connectivity index (χ3v) is 7.25. The second-order valence-electron chi connectivity index (χ2n) is 8.15. The van der Waals surface area contributed by atoms with Crippen LogP contribution in [0.4, 0.5) is 4.39 Å². The Balaban J connectivity index is 1.75. The summed E-state index contributed by atoms with van der Waals surface area (Å²) in [5.74, 6) is 0.0652. The van der Waals surface area contributed by atoms with E-state index in [0.717, 1.165) is 48.2 Å². The highest BCUT2D eigenvalue weighted by Gasteiger charge is 2.34. The lowest BCUT2D eigenvalue weighted by molar-refractivity contribution is 0.602. The Kier molecular flexibility index (Phi) is 5.57. The lowest BCUT2D eigenvalue weighted by Crippen LogP contribution is -2.01. The molecule has 0 bridgehead atoms. The Morgan fingerprint density at radius 3 is 2.77 bits per heavy atom. The molecule has 0 saturated heterocycles. The number of benzene rings is 2. The number of rotatable bonds is 7. The molecule has 0 spiro atoms. The van der Waals surface area contributed by atoms with Crippen LogP contribution >= 0.6 is 23.4 Å². The highest BCUT2D eigenvalue weighted by molar-refractivity contribution is 7.99. The molecule has 0 unspecified atom stereocenters. The van der Waals surface area contributed by atoms with E-state index < -0.39 is 0 Å². The molecule has 0 radical (unpaired) electrons. The number of aromatic nitrogens is 3. The molecule has 3 nitrogen and oxygen atoms in total. The fourth-order valence-electron chi connectivity index (χ4n) is 4.17. The Bertz CT molecular complexity index is 1260. The van der Waals surface area contributed by atoms with E-state index in [0.29, 0.717) is 11.4 Å². The van der Waals surface area contributed by atoms with E-state index in [-0.39, 0.29) is 10.8 Å². The summed E-state index contributed by atoms with van der Waals surface area (Å²) < 4.78 is 19.4. The summed E-state index contributed by atoms with van der Waals surface area (Å²) in [6, 6.07) is 12.3. The lowest BCUT2D eigenvalue weighted by atomic mass is 10.2. The van der Waals surface area contributed by atoms with Gasteiger partial charge in [-0.25, -0.2) is 4.39 Å². The molecule has 6 heteroatoms. The summed E-state index contributed by atoms with van der Waals surface area (Å²) in [6.07, 6.45) is 8.09. The molecule has 0 N–H and O–H groups in total. The van der Waals surface area contributed by atoms with Gasteiger partial charge in [0.1, 0.15) is 0 Å². The molecule has 0 aliphatic heterocycles. The zero-order valence-corrected chi connectivity index (χ0v) is 19.3. The summed E-state index contributed by atoms with van der Waals surface area (Å²) in [6.45, 7) is 5.13. The molecule has 1 saturated carbocycles. The fraction of sp³-hybridized carbons (Fsp3) is 0.320. The highest BCUT2D eigenvalue weighted by atomic mass is 35.5. The molecule has 2 aromatic heterocycles. The smallest absolute Gasteiger partial charge is 0.166 e. The average Bonchev–Trinajstić information content (AvgIpc) is 3.42. The first-order valence-electron chi connectivity index (χ1n) is 10.9. The minimum Gasteiger partial charge on any atom is -0.306 e. The van der Waals surface area contributed by atoms with Crippen LogP contribution in [0.5, 0.6) is 0 Å². The molecule has 2 aromatic carbocycles. The maximum Gasteiger partial charge on any atom is 0.166 e. The van der Waals surface area contributed by atoms with Gasteiger partial charge in [0.25, 0.3) is 0 Å². The van der Waals surface area contributed by atoms with Crippen molar-refractivity contribution in [2.24, 2.45) is 0 Å². The number of hydrogen-bond acceptors (Lipinski definition) is 2. The molecule has 0 atom stereocenters. The largest absolute Gasteiger partial charge is 0.306 e. The SMILES string of the molecule is CCCn1cc(-n2c(C3CC3)c(Sc3cccc(CC)c3)c3ccc(Cl)c(F)c32)cn1. The summed E-state index contributed by atoms with van der Waals surface area (Å²) in [4.78, 5) is 2.31. The van der Waals surface area contributed by atoms with Crippen LogP contribution in [0.25, 0.3) is 16.6 Å². The van der Waals surface area contributed by atoms with Gasteiger partial charge >= 0.3 is 0 Å². The van der Waals surface area contributed by atoms with Crippen molar-refractivity contribution in [2.75, 3.05) is 0 Å². The molecule has 5 rings (SSSR count). The van der Waals surface area contributed by atoms with Gasteiger partial charge in [-0.1, -0.05) is 49.3 Å². The van der Waals surface area contributed by atoms with Crippen LogP contribution in [-0.4, -0.2) is 14.3 Å². The number of aryl methyl sites for hydroxylation is 2. The molecule has 1 aliphatic rings. The van der Waals surface area contributed by atoms with Gasteiger partial charge in [0.05, 0.1) is 22.4 Å². The summed E-state index contributed by atoms with van der Waals surface area (Å²) in [5.41, 5.74) is 3.94. The van der Waals surface area contributed by atoms with Crippen LogP contribution in [-0.2, 0) is 13.0 Å². The summed E-state index contributed by atoms with van der Waals surface area (Å²) in [7, 11) is 0. The first-order chi connectivity index (χ1) is 15.1. The number of nitrogens with zero attached hydrogens (tertiary/aromatic N) is 3. The van der Waals surface area contributed by atoms with Gasteiger partial charge in [0.15, 0.2) is 5.82 Å². The maximum absolute atomic E-state index is 15.4. The monoisotopic (exact) mass is 453 g/mol. The maximum atomic E-state index is 15.4. The minimum absolute atomic E-state index is 0.152. The molecule has 2 heterocycles. The van der Waals surface area contributed by atoms with Gasteiger partial charge in [-0.15, -0.1) is 0 Å². The second-order valence-corrected chi connectivity index (χ2v) is 9.64. The van der Waals surface area contributed by atoms with Crippen molar-refractivity contribution in [3.8, 4) is 5.69 Å². The topological polar surface area (TPSA) is 22.8 Å². The molecule has 160 valence electrons. The van der Waals surface area contributed by atoms with Gasteiger partial charge < -0.3 is 4.57 Å². The van der Waals surface area contributed by atoms with Crippen molar-refractivity contribution in [1.82, 2.24) is 14.3 Å². The van der Waals surface area contributed by atoms with Gasteiger partial charge in [-0.3, -0.25) is 4.68 Å². The molecule has 0 amide bonds. The van der Waals surface area contributed by atoms with Crippen molar-refractivity contribution >= 4 is 34.3 Å². The van der Waals surface area contributed by atoms with E-state index in [1.807, 2.05) is 23.1 Å². The van der Waals surface area contributed by atoms with Crippen LogP contribution in [0.2, 0.25) is 5.02 Å². The Labute approximate surface area is 191 Å². The van der Waals surface area contributed by atoms with Crippen LogP contribution < -0.4 is 0 Å².